The molecule has 2 fully saturated rings. The highest BCUT2D eigenvalue weighted by Gasteiger charge is 2.34. The number of hydrogen-bond donors (Lipinski definition) is 1. The fourth-order valence-corrected chi connectivity index (χ4v) is 2.34. The van der Waals surface area contributed by atoms with Gasteiger partial charge in [0.05, 0.1) is 7.11 Å². The number of likely N-dealkylation sites (tertiary alicyclic amines) is 1. The number of carbonyl (C=O) groups is 1. The third kappa shape index (κ3) is 1.63. The van der Waals surface area contributed by atoms with Gasteiger partial charge in [0.2, 0.25) is 0 Å². The molecule has 2 rings (SSSR count). The number of amides is 1. The molecule has 0 spiro atoms. The third-order valence-electron chi connectivity index (χ3n) is 3.09. The summed E-state index contributed by atoms with van der Waals surface area (Å²) in [5.41, 5.74) is 0. The van der Waals surface area contributed by atoms with Crippen LogP contribution in [0.2, 0.25) is 0 Å². The van der Waals surface area contributed by atoms with Gasteiger partial charge in [-0.05, 0) is 25.3 Å². The Balaban J connectivity index is 1.93. The van der Waals surface area contributed by atoms with Gasteiger partial charge in [-0.1, -0.05) is 0 Å². The van der Waals surface area contributed by atoms with Crippen molar-refractivity contribution in [1.82, 2.24) is 10.2 Å². The number of fused-ring (bicyclic) bond motifs is 1. The minimum absolute atomic E-state index is 0.176. The van der Waals surface area contributed by atoms with E-state index >= 15 is 0 Å². The molecule has 0 aromatic rings. The Morgan fingerprint density at radius 2 is 2.38 bits per heavy atom. The smallest absolute Gasteiger partial charge is 0.409 e. The second kappa shape index (κ2) is 3.54. The Labute approximate surface area is 78.2 Å². The Kier molecular flexibility index (Phi) is 2.40. The Morgan fingerprint density at radius 3 is 3.15 bits per heavy atom. The molecule has 0 radical (unpaired) electrons. The van der Waals surface area contributed by atoms with Crippen LogP contribution >= 0.6 is 0 Å². The molecule has 0 saturated carbocycles. The molecule has 1 N–H and O–H groups in total. The predicted octanol–water partition coefficient (Wildman–Crippen LogP) is 0.437. The van der Waals surface area contributed by atoms with Gasteiger partial charge in [0, 0.05) is 19.1 Å². The number of nitrogens with one attached hydrogen (secondary N) is 1. The molecular formula is C9H16N2O2. The summed E-state index contributed by atoms with van der Waals surface area (Å²) in [6, 6.07) is 0.640. The van der Waals surface area contributed by atoms with E-state index in [2.05, 4.69) is 5.32 Å². The monoisotopic (exact) mass is 184 g/mol. The van der Waals surface area contributed by atoms with E-state index in [9.17, 15) is 4.79 Å². The summed E-state index contributed by atoms with van der Waals surface area (Å²) >= 11 is 0. The van der Waals surface area contributed by atoms with Crippen molar-refractivity contribution in [2.24, 2.45) is 5.92 Å². The van der Waals surface area contributed by atoms with Gasteiger partial charge in [-0.25, -0.2) is 4.79 Å². The number of rotatable bonds is 0. The molecule has 2 aliphatic rings. The van der Waals surface area contributed by atoms with Gasteiger partial charge in [-0.2, -0.15) is 0 Å². The van der Waals surface area contributed by atoms with Crippen LogP contribution in [-0.4, -0.2) is 43.8 Å². The molecule has 2 heterocycles. The molecule has 0 aliphatic carbocycles. The van der Waals surface area contributed by atoms with Crippen molar-refractivity contribution in [3.8, 4) is 0 Å². The van der Waals surface area contributed by atoms with E-state index in [4.69, 9.17) is 4.74 Å². The fraction of sp³-hybridized carbons (Fsp3) is 0.889. The molecule has 0 bridgehead atoms. The van der Waals surface area contributed by atoms with Gasteiger partial charge in [0.15, 0.2) is 0 Å². The van der Waals surface area contributed by atoms with Crippen LogP contribution in [0.25, 0.3) is 0 Å². The zero-order valence-corrected chi connectivity index (χ0v) is 7.95. The van der Waals surface area contributed by atoms with Crippen LogP contribution in [0.5, 0.6) is 0 Å². The van der Waals surface area contributed by atoms with E-state index in [0.29, 0.717) is 12.0 Å². The Morgan fingerprint density at radius 1 is 1.54 bits per heavy atom. The number of carbonyl (C=O) groups excluding carboxylic acids is 1. The molecule has 2 aliphatic heterocycles. The SMILES string of the molecule is COC(=O)N1CCC2NCCC2C1. The molecule has 0 aromatic carbocycles. The quantitative estimate of drug-likeness (QED) is 0.594. The van der Waals surface area contributed by atoms with Gasteiger partial charge in [-0.3, -0.25) is 0 Å². The minimum atomic E-state index is -0.176. The number of piperidine rings is 1. The second-order valence-electron chi connectivity index (χ2n) is 3.81. The van der Waals surface area contributed by atoms with Crippen molar-refractivity contribution in [1.29, 1.82) is 0 Å². The number of methoxy groups -OCH3 is 1. The molecular weight excluding hydrogens is 168 g/mol. The maximum absolute atomic E-state index is 11.2. The lowest BCUT2D eigenvalue weighted by Crippen LogP contribution is -2.46. The third-order valence-corrected chi connectivity index (χ3v) is 3.09. The molecule has 0 aromatic heterocycles. The highest BCUT2D eigenvalue weighted by atomic mass is 16.5. The first kappa shape index (κ1) is 8.81. The van der Waals surface area contributed by atoms with Crippen LogP contribution in [0, 0.1) is 5.92 Å². The maximum atomic E-state index is 11.2. The summed E-state index contributed by atoms with van der Waals surface area (Å²) in [6.45, 7) is 2.80. The first-order chi connectivity index (χ1) is 6.31. The standard InChI is InChI=1S/C9H16N2O2/c1-13-9(12)11-5-3-8-7(6-11)2-4-10-8/h7-8,10H,2-6H2,1H3. The molecule has 2 atom stereocenters. The molecule has 2 saturated heterocycles. The molecule has 2 unspecified atom stereocenters. The number of ether oxygens (including phenoxy) is 1. The van der Waals surface area contributed by atoms with Crippen molar-refractivity contribution in [2.45, 2.75) is 18.9 Å². The Bertz CT molecular complexity index is 208. The van der Waals surface area contributed by atoms with Crippen molar-refractivity contribution in [2.75, 3.05) is 26.7 Å². The second-order valence-corrected chi connectivity index (χ2v) is 3.81. The molecule has 4 heteroatoms. The minimum Gasteiger partial charge on any atom is -0.453 e. The zero-order valence-electron chi connectivity index (χ0n) is 7.95. The van der Waals surface area contributed by atoms with E-state index < -0.39 is 0 Å². The van der Waals surface area contributed by atoms with Gasteiger partial charge in [0.1, 0.15) is 0 Å². The average Bonchev–Trinajstić information content (AvgIpc) is 2.63. The van der Waals surface area contributed by atoms with Crippen LogP contribution < -0.4 is 5.32 Å². The van der Waals surface area contributed by atoms with E-state index in [-0.39, 0.29) is 6.09 Å². The van der Waals surface area contributed by atoms with Crippen molar-refractivity contribution in [3.05, 3.63) is 0 Å². The summed E-state index contributed by atoms with van der Waals surface area (Å²) < 4.78 is 4.70. The van der Waals surface area contributed by atoms with Gasteiger partial charge < -0.3 is 15.0 Å². The van der Waals surface area contributed by atoms with E-state index in [0.717, 1.165) is 26.1 Å². The molecule has 4 nitrogen and oxygen atoms in total. The first-order valence-electron chi connectivity index (χ1n) is 4.87. The van der Waals surface area contributed by atoms with Crippen LogP contribution in [0.4, 0.5) is 4.79 Å². The van der Waals surface area contributed by atoms with Crippen LogP contribution in [0.3, 0.4) is 0 Å². The van der Waals surface area contributed by atoms with E-state index in [1.54, 1.807) is 0 Å². The zero-order chi connectivity index (χ0) is 9.26. The predicted molar refractivity (Wildman–Crippen MR) is 48.5 cm³/mol. The lowest BCUT2D eigenvalue weighted by molar-refractivity contribution is 0.0989. The summed E-state index contributed by atoms with van der Waals surface area (Å²) in [5, 5.41) is 3.46. The molecule has 13 heavy (non-hydrogen) atoms. The van der Waals surface area contributed by atoms with E-state index in [1.807, 2.05) is 4.90 Å². The Hall–Kier alpha value is -0.770. The van der Waals surface area contributed by atoms with Gasteiger partial charge >= 0.3 is 6.09 Å². The molecule has 74 valence electrons. The van der Waals surface area contributed by atoms with Crippen molar-refractivity contribution >= 4 is 6.09 Å². The van der Waals surface area contributed by atoms with Crippen molar-refractivity contribution in [3.63, 3.8) is 0 Å². The highest BCUT2D eigenvalue weighted by molar-refractivity contribution is 5.67. The number of hydrogen-bond acceptors (Lipinski definition) is 3. The summed E-state index contributed by atoms with van der Waals surface area (Å²) in [6.07, 6.45) is 2.09. The van der Waals surface area contributed by atoms with Crippen LogP contribution in [-0.2, 0) is 4.74 Å². The summed E-state index contributed by atoms with van der Waals surface area (Å²) in [4.78, 5) is 13.1. The number of nitrogens with zero attached hydrogens (tertiary/aromatic N) is 1. The van der Waals surface area contributed by atoms with Gasteiger partial charge in [0.25, 0.3) is 0 Å². The van der Waals surface area contributed by atoms with E-state index in [1.165, 1.54) is 13.5 Å². The highest BCUT2D eigenvalue weighted by Crippen LogP contribution is 2.24. The summed E-state index contributed by atoms with van der Waals surface area (Å²) in [7, 11) is 1.45. The topological polar surface area (TPSA) is 41.6 Å². The van der Waals surface area contributed by atoms with Crippen molar-refractivity contribution < 1.29 is 9.53 Å². The first-order valence-corrected chi connectivity index (χ1v) is 4.87. The fourth-order valence-electron chi connectivity index (χ4n) is 2.34. The molecule has 1 amide bonds. The summed E-state index contributed by atoms with van der Waals surface area (Å²) in [5.74, 6) is 0.646. The largest absolute Gasteiger partial charge is 0.453 e. The van der Waals surface area contributed by atoms with Gasteiger partial charge in [-0.15, -0.1) is 0 Å². The van der Waals surface area contributed by atoms with Crippen LogP contribution in [0.1, 0.15) is 12.8 Å². The average molecular weight is 184 g/mol. The lowest BCUT2D eigenvalue weighted by atomic mass is 9.94. The van der Waals surface area contributed by atoms with Crippen LogP contribution in [0.15, 0.2) is 0 Å². The maximum Gasteiger partial charge on any atom is 0.409 e. The normalized spacial score (nSPS) is 32.8. The lowest BCUT2D eigenvalue weighted by Gasteiger charge is -2.33.